The van der Waals surface area contributed by atoms with Crippen molar-refractivity contribution in [2.24, 2.45) is 11.7 Å². The van der Waals surface area contributed by atoms with Gasteiger partial charge >= 0.3 is 0 Å². The lowest BCUT2D eigenvalue weighted by Gasteiger charge is -2.39. The van der Waals surface area contributed by atoms with Crippen molar-refractivity contribution in [3.8, 4) is 11.5 Å². The minimum absolute atomic E-state index is 0.0800. The van der Waals surface area contributed by atoms with Crippen molar-refractivity contribution in [2.75, 3.05) is 32.2 Å². The standard InChI is InChI=1S/C15H24N2O3/c1-10(18)11-6-12(16)9-17(8-11)13-4-5-14(19-2)15(7-13)20-3/h4-5,7,10-12,18H,6,8-9,16H2,1-3H3. The van der Waals surface area contributed by atoms with Gasteiger partial charge in [0, 0.05) is 36.8 Å². The number of nitrogens with zero attached hydrogens (tertiary/aromatic N) is 1. The van der Waals surface area contributed by atoms with E-state index >= 15 is 0 Å². The number of rotatable bonds is 4. The van der Waals surface area contributed by atoms with Crippen LogP contribution in [0, 0.1) is 5.92 Å². The maximum absolute atomic E-state index is 9.82. The van der Waals surface area contributed by atoms with Crippen LogP contribution in [0.15, 0.2) is 18.2 Å². The Morgan fingerprint density at radius 3 is 2.55 bits per heavy atom. The third-order valence-electron chi connectivity index (χ3n) is 3.93. The van der Waals surface area contributed by atoms with Gasteiger partial charge in [-0.3, -0.25) is 0 Å². The fourth-order valence-electron chi connectivity index (χ4n) is 2.76. The molecule has 20 heavy (non-hydrogen) atoms. The second-order valence-corrected chi connectivity index (χ2v) is 5.44. The second-order valence-electron chi connectivity index (χ2n) is 5.44. The summed E-state index contributed by atoms with van der Waals surface area (Å²) in [6.45, 7) is 3.43. The predicted molar refractivity (Wildman–Crippen MR) is 79.5 cm³/mol. The van der Waals surface area contributed by atoms with E-state index in [1.165, 1.54) is 0 Å². The SMILES string of the molecule is COc1ccc(N2CC(N)CC(C(C)O)C2)cc1OC. The van der Waals surface area contributed by atoms with Crippen LogP contribution in [0.2, 0.25) is 0 Å². The average molecular weight is 280 g/mol. The van der Waals surface area contributed by atoms with Gasteiger partial charge in [-0.1, -0.05) is 0 Å². The molecule has 3 N–H and O–H groups in total. The molecule has 0 saturated carbocycles. The quantitative estimate of drug-likeness (QED) is 0.868. The van der Waals surface area contributed by atoms with Crippen LogP contribution in [-0.2, 0) is 0 Å². The molecule has 1 heterocycles. The molecule has 0 aliphatic carbocycles. The molecule has 112 valence electrons. The molecule has 0 aromatic heterocycles. The van der Waals surface area contributed by atoms with Crippen LogP contribution in [0.3, 0.4) is 0 Å². The lowest BCUT2D eigenvalue weighted by Crippen LogP contribution is -2.49. The number of methoxy groups -OCH3 is 2. The van der Waals surface area contributed by atoms with Crippen LogP contribution in [0.1, 0.15) is 13.3 Å². The number of aliphatic hydroxyl groups excluding tert-OH is 1. The number of piperidine rings is 1. The molecule has 5 heteroatoms. The summed E-state index contributed by atoms with van der Waals surface area (Å²) in [5.74, 6) is 1.62. The van der Waals surface area contributed by atoms with Crippen molar-refractivity contribution >= 4 is 5.69 Å². The van der Waals surface area contributed by atoms with Crippen LogP contribution >= 0.6 is 0 Å². The van der Waals surface area contributed by atoms with Gasteiger partial charge in [-0.05, 0) is 25.5 Å². The predicted octanol–water partition coefficient (Wildman–Crippen LogP) is 1.24. The highest BCUT2D eigenvalue weighted by Crippen LogP contribution is 2.33. The molecule has 1 saturated heterocycles. The van der Waals surface area contributed by atoms with Crippen LogP contribution < -0.4 is 20.1 Å². The van der Waals surface area contributed by atoms with Gasteiger partial charge in [0.1, 0.15) is 0 Å². The van der Waals surface area contributed by atoms with Gasteiger partial charge in [-0.2, -0.15) is 0 Å². The van der Waals surface area contributed by atoms with E-state index in [1.807, 2.05) is 25.1 Å². The van der Waals surface area contributed by atoms with Gasteiger partial charge in [0.25, 0.3) is 0 Å². The van der Waals surface area contributed by atoms with E-state index in [1.54, 1.807) is 14.2 Å². The Labute approximate surface area is 120 Å². The number of benzene rings is 1. The first-order valence-corrected chi connectivity index (χ1v) is 6.95. The largest absolute Gasteiger partial charge is 0.493 e. The zero-order chi connectivity index (χ0) is 14.7. The Bertz CT molecular complexity index is 451. The number of aliphatic hydroxyl groups is 1. The fraction of sp³-hybridized carbons (Fsp3) is 0.600. The summed E-state index contributed by atoms with van der Waals surface area (Å²) in [5, 5.41) is 9.82. The van der Waals surface area contributed by atoms with Crippen LogP contribution in [0.4, 0.5) is 5.69 Å². The Morgan fingerprint density at radius 2 is 1.95 bits per heavy atom. The second kappa shape index (κ2) is 6.33. The lowest BCUT2D eigenvalue weighted by molar-refractivity contribution is 0.110. The number of hydrogen-bond acceptors (Lipinski definition) is 5. The topological polar surface area (TPSA) is 68.0 Å². The molecule has 2 rings (SSSR count). The highest BCUT2D eigenvalue weighted by molar-refractivity contribution is 5.56. The Kier molecular flexibility index (Phi) is 4.73. The minimum Gasteiger partial charge on any atom is -0.493 e. The van der Waals surface area contributed by atoms with Gasteiger partial charge in [0.05, 0.1) is 20.3 Å². The van der Waals surface area contributed by atoms with E-state index in [0.29, 0.717) is 11.5 Å². The number of hydrogen-bond donors (Lipinski definition) is 2. The molecular formula is C15H24N2O3. The third-order valence-corrected chi connectivity index (χ3v) is 3.93. The molecule has 1 aromatic carbocycles. The average Bonchev–Trinajstić information content (AvgIpc) is 2.45. The summed E-state index contributed by atoms with van der Waals surface area (Å²) in [7, 11) is 3.25. The number of nitrogens with two attached hydrogens (primary N) is 1. The van der Waals surface area contributed by atoms with E-state index in [-0.39, 0.29) is 18.1 Å². The number of anilines is 1. The maximum Gasteiger partial charge on any atom is 0.162 e. The first kappa shape index (κ1) is 14.9. The minimum atomic E-state index is -0.344. The van der Waals surface area contributed by atoms with Crippen LogP contribution in [-0.4, -0.2) is 44.6 Å². The van der Waals surface area contributed by atoms with Crippen LogP contribution in [0.5, 0.6) is 11.5 Å². The summed E-state index contributed by atoms with van der Waals surface area (Å²) in [6, 6.07) is 5.93. The zero-order valence-corrected chi connectivity index (χ0v) is 12.4. The summed E-state index contributed by atoms with van der Waals surface area (Å²) in [6.07, 6.45) is 0.519. The molecule has 1 aromatic rings. The van der Waals surface area contributed by atoms with Gasteiger partial charge in [0.15, 0.2) is 11.5 Å². The van der Waals surface area contributed by atoms with Crippen molar-refractivity contribution < 1.29 is 14.6 Å². The van der Waals surface area contributed by atoms with Gasteiger partial charge in [0.2, 0.25) is 0 Å². The summed E-state index contributed by atoms with van der Waals surface area (Å²) < 4.78 is 10.6. The Hall–Kier alpha value is -1.46. The van der Waals surface area contributed by atoms with Gasteiger partial charge in [-0.25, -0.2) is 0 Å². The molecule has 0 bridgehead atoms. The van der Waals surface area contributed by atoms with Gasteiger partial charge < -0.3 is 25.2 Å². The first-order chi connectivity index (χ1) is 9.55. The molecule has 0 amide bonds. The van der Waals surface area contributed by atoms with Crippen molar-refractivity contribution in [1.82, 2.24) is 0 Å². The highest BCUT2D eigenvalue weighted by atomic mass is 16.5. The van der Waals surface area contributed by atoms with Crippen LogP contribution in [0.25, 0.3) is 0 Å². The third kappa shape index (κ3) is 3.16. The van der Waals surface area contributed by atoms with E-state index in [9.17, 15) is 5.11 Å². The van der Waals surface area contributed by atoms with Crippen molar-refractivity contribution in [3.05, 3.63) is 18.2 Å². The fourth-order valence-corrected chi connectivity index (χ4v) is 2.76. The van der Waals surface area contributed by atoms with Crippen molar-refractivity contribution in [3.63, 3.8) is 0 Å². The van der Waals surface area contributed by atoms with E-state index in [2.05, 4.69) is 4.90 Å². The summed E-state index contributed by atoms with van der Waals surface area (Å²) in [5.41, 5.74) is 7.15. The smallest absolute Gasteiger partial charge is 0.162 e. The number of ether oxygens (including phenoxy) is 2. The molecule has 5 nitrogen and oxygen atoms in total. The monoisotopic (exact) mass is 280 g/mol. The summed E-state index contributed by atoms with van der Waals surface area (Å²) >= 11 is 0. The van der Waals surface area contributed by atoms with E-state index in [4.69, 9.17) is 15.2 Å². The Balaban J connectivity index is 2.21. The maximum atomic E-state index is 9.82. The molecular weight excluding hydrogens is 256 g/mol. The molecule has 1 fully saturated rings. The normalized spacial score (nSPS) is 24.4. The van der Waals surface area contributed by atoms with E-state index < -0.39 is 0 Å². The van der Waals surface area contributed by atoms with Crippen molar-refractivity contribution in [1.29, 1.82) is 0 Å². The highest BCUT2D eigenvalue weighted by Gasteiger charge is 2.28. The summed E-state index contributed by atoms with van der Waals surface area (Å²) in [4.78, 5) is 2.20. The van der Waals surface area contributed by atoms with E-state index in [0.717, 1.165) is 25.2 Å². The van der Waals surface area contributed by atoms with Gasteiger partial charge in [-0.15, -0.1) is 0 Å². The molecule has 3 unspecified atom stereocenters. The zero-order valence-electron chi connectivity index (χ0n) is 12.4. The molecule has 0 spiro atoms. The lowest BCUT2D eigenvalue weighted by atomic mass is 9.90. The molecule has 1 aliphatic heterocycles. The molecule has 1 aliphatic rings. The molecule has 3 atom stereocenters. The first-order valence-electron chi connectivity index (χ1n) is 6.95. The van der Waals surface area contributed by atoms with Crippen molar-refractivity contribution in [2.45, 2.75) is 25.5 Å². The Morgan fingerprint density at radius 1 is 1.25 bits per heavy atom. The molecule has 0 radical (unpaired) electrons.